The van der Waals surface area contributed by atoms with Crippen molar-refractivity contribution in [3.8, 4) is 5.75 Å². The highest BCUT2D eigenvalue weighted by atomic mass is 16.5. The van der Waals surface area contributed by atoms with Gasteiger partial charge in [0.25, 0.3) is 0 Å². The summed E-state index contributed by atoms with van der Waals surface area (Å²) in [5, 5.41) is 2.87. The zero-order valence-corrected chi connectivity index (χ0v) is 13.4. The zero-order chi connectivity index (χ0) is 16.7. The van der Waals surface area contributed by atoms with E-state index in [1.54, 1.807) is 19.2 Å². The van der Waals surface area contributed by atoms with E-state index < -0.39 is 0 Å². The van der Waals surface area contributed by atoms with Gasteiger partial charge in [0.1, 0.15) is 5.75 Å². The molecule has 0 saturated carbocycles. The quantitative estimate of drug-likeness (QED) is 0.800. The highest BCUT2D eigenvalue weighted by Crippen LogP contribution is 2.13. The van der Waals surface area contributed by atoms with Gasteiger partial charge in [-0.25, -0.2) is 0 Å². The summed E-state index contributed by atoms with van der Waals surface area (Å²) in [6, 6.07) is 16.3. The molecular weight excluding hydrogens is 290 g/mol. The van der Waals surface area contributed by atoms with Gasteiger partial charge in [0.05, 0.1) is 13.5 Å². The van der Waals surface area contributed by atoms with Crippen LogP contribution < -0.4 is 10.1 Å². The molecule has 1 amide bonds. The van der Waals surface area contributed by atoms with Gasteiger partial charge in [-0.1, -0.05) is 42.5 Å². The number of benzene rings is 2. The Labute approximate surface area is 136 Å². The first kappa shape index (κ1) is 16.7. The highest BCUT2D eigenvalue weighted by molar-refractivity contribution is 5.96. The Bertz CT molecular complexity index is 667. The molecule has 1 atom stereocenters. The maximum Gasteiger partial charge on any atom is 0.224 e. The number of hydrogen-bond acceptors (Lipinski definition) is 3. The Kier molecular flexibility index (Phi) is 5.92. The largest absolute Gasteiger partial charge is 0.497 e. The Morgan fingerprint density at radius 2 is 1.83 bits per heavy atom. The van der Waals surface area contributed by atoms with Gasteiger partial charge in [-0.2, -0.15) is 0 Å². The Hall–Kier alpha value is -2.62. The van der Waals surface area contributed by atoms with Crippen LogP contribution in [0.2, 0.25) is 0 Å². The Balaban J connectivity index is 1.86. The fourth-order valence-corrected chi connectivity index (χ4v) is 2.36. The second-order valence-electron chi connectivity index (χ2n) is 5.49. The predicted molar refractivity (Wildman–Crippen MR) is 89.7 cm³/mol. The number of methoxy groups -OCH3 is 1. The molecule has 23 heavy (non-hydrogen) atoms. The van der Waals surface area contributed by atoms with Crippen LogP contribution in [0.1, 0.15) is 29.3 Å². The number of nitrogens with one attached hydrogen (secondary N) is 1. The molecule has 0 unspecified atom stereocenters. The summed E-state index contributed by atoms with van der Waals surface area (Å²) in [6.45, 7) is 1.84. The monoisotopic (exact) mass is 311 g/mol. The molecule has 4 nitrogen and oxygen atoms in total. The summed E-state index contributed by atoms with van der Waals surface area (Å²) in [4.78, 5) is 24.2. The molecule has 2 rings (SSSR count). The van der Waals surface area contributed by atoms with Crippen LogP contribution in [0.3, 0.4) is 0 Å². The van der Waals surface area contributed by atoms with Crippen molar-refractivity contribution in [2.24, 2.45) is 0 Å². The minimum Gasteiger partial charge on any atom is -0.497 e. The van der Waals surface area contributed by atoms with Crippen molar-refractivity contribution < 1.29 is 14.3 Å². The molecule has 0 aromatic heterocycles. The molecule has 1 N–H and O–H groups in total. The van der Waals surface area contributed by atoms with E-state index in [9.17, 15) is 9.59 Å². The second-order valence-corrected chi connectivity index (χ2v) is 5.49. The van der Waals surface area contributed by atoms with Crippen LogP contribution in [0, 0.1) is 0 Å². The van der Waals surface area contributed by atoms with Crippen LogP contribution in [-0.2, 0) is 11.2 Å². The number of hydrogen-bond donors (Lipinski definition) is 1. The van der Waals surface area contributed by atoms with E-state index in [2.05, 4.69) is 5.32 Å². The van der Waals surface area contributed by atoms with Crippen molar-refractivity contribution >= 4 is 11.7 Å². The van der Waals surface area contributed by atoms with Gasteiger partial charge in [-0.15, -0.1) is 0 Å². The SMILES string of the molecule is COc1cccc(CC(=O)N[C@@H](C)CC(=O)c2ccccc2)c1. The minimum absolute atomic E-state index is 0.0276. The topological polar surface area (TPSA) is 55.4 Å². The number of Topliss-reactive ketones (excluding diaryl/α,β-unsaturated/α-hetero) is 1. The van der Waals surface area contributed by atoms with Gasteiger partial charge in [-0.3, -0.25) is 9.59 Å². The van der Waals surface area contributed by atoms with Gasteiger partial charge in [0.2, 0.25) is 5.91 Å². The molecule has 0 bridgehead atoms. The summed E-state index contributed by atoms with van der Waals surface area (Å²) >= 11 is 0. The van der Waals surface area contributed by atoms with Crippen molar-refractivity contribution in [3.05, 3.63) is 65.7 Å². The Morgan fingerprint density at radius 3 is 2.52 bits per heavy atom. The lowest BCUT2D eigenvalue weighted by Crippen LogP contribution is -2.35. The number of carbonyl (C=O) groups is 2. The van der Waals surface area contributed by atoms with Gasteiger partial charge < -0.3 is 10.1 Å². The second kappa shape index (κ2) is 8.13. The fourth-order valence-electron chi connectivity index (χ4n) is 2.36. The van der Waals surface area contributed by atoms with Crippen LogP contribution in [0.4, 0.5) is 0 Å². The molecule has 0 fully saturated rings. The zero-order valence-electron chi connectivity index (χ0n) is 13.4. The molecule has 120 valence electrons. The van der Waals surface area contributed by atoms with E-state index >= 15 is 0 Å². The molecule has 0 heterocycles. The van der Waals surface area contributed by atoms with E-state index in [1.165, 1.54) is 0 Å². The highest BCUT2D eigenvalue weighted by Gasteiger charge is 2.13. The van der Waals surface area contributed by atoms with Crippen molar-refractivity contribution in [2.45, 2.75) is 25.8 Å². The molecule has 0 radical (unpaired) electrons. The van der Waals surface area contributed by atoms with E-state index in [0.717, 1.165) is 11.3 Å². The summed E-state index contributed by atoms with van der Waals surface area (Å²) < 4.78 is 5.14. The lowest BCUT2D eigenvalue weighted by molar-refractivity contribution is -0.121. The maximum absolute atomic E-state index is 12.1. The van der Waals surface area contributed by atoms with Gasteiger partial charge in [-0.05, 0) is 24.6 Å². The predicted octanol–water partition coefficient (Wildman–Crippen LogP) is 3.02. The third-order valence-corrected chi connectivity index (χ3v) is 3.49. The van der Waals surface area contributed by atoms with E-state index in [-0.39, 0.29) is 30.6 Å². The first-order chi connectivity index (χ1) is 11.1. The van der Waals surface area contributed by atoms with Crippen LogP contribution in [0.5, 0.6) is 5.75 Å². The first-order valence-corrected chi connectivity index (χ1v) is 7.59. The van der Waals surface area contributed by atoms with Gasteiger partial charge in [0.15, 0.2) is 5.78 Å². The van der Waals surface area contributed by atoms with Crippen LogP contribution in [0.15, 0.2) is 54.6 Å². The minimum atomic E-state index is -0.208. The summed E-state index contributed by atoms with van der Waals surface area (Å²) in [5.41, 5.74) is 1.55. The third kappa shape index (κ3) is 5.25. The maximum atomic E-state index is 12.1. The molecule has 0 aliphatic rings. The molecule has 4 heteroatoms. The lowest BCUT2D eigenvalue weighted by atomic mass is 10.0. The standard InChI is InChI=1S/C19H21NO3/c1-14(11-18(21)16-8-4-3-5-9-16)20-19(22)13-15-7-6-10-17(12-15)23-2/h3-10,12,14H,11,13H2,1-2H3,(H,20,22)/t14-/m0/s1. The normalized spacial score (nSPS) is 11.6. The molecule has 0 spiro atoms. The molecule has 0 aliphatic carbocycles. The molecule has 2 aromatic rings. The van der Waals surface area contributed by atoms with Crippen molar-refractivity contribution in [1.29, 1.82) is 0 Å². The summed E-state index contributed by atoms with van der Waals surface area (Å²) in [5.74, 6) is 0.647. The van der Waals surface area contributed by atoms with Crippen molar-refractivity contribution in [2.75, 3.05) is 7.11 Å². The first-order valence-electron chi connectivity index (χ1n) is 7.59. The molecule has 0 aliphatic heterocycles. The van der Waals surface area contributed by atoms with Crippen LogP contribution in [-0.4, -0.2) is 24.8 Å². The number of carbonyl (C=O) groups excluding carboxylic acids is 2. The van der Waals surface area contributed by atoms with Crippen molar-refractivity contribution in [3.63, 3.8) is 0 Å². The van der Waals surface area contributed by atoms with Crippen LogP contribution >= 0.6 is 0 Å². The smallest absolute Gasteiger partial charge is 0.224 e. The number of ketones is 1. The summed E-state index contributed by atoms with van der Waals surface area (Å²) in [7, 11) is 1.59. The summed E-state index contributed by atoms with van der Waals surface area (Å²) in [6.07, 6.45) is 0.551. The van der Waals surface area contributed by atoms with Crippen LogP contribution in [0.25, 0.3) is 0 Å². The van der Waals surface area contributed by atoms with Gasteiger partial charge in [0, 0.05) is 18.0 Å². The average Bonchev–Trinajstić information content (AvgIpc) is 2.55. The number of amides is 1. The van der Waals surface area contributed by atoms with Gasteiger partial charge >= 0.3 is 0 Å². The lowest BCUT2D eigenvalue weighted by Gasteiger charge is -2.13. The fraction of sp³-hybridized carbons (Fsp3) is 0.263. The van der Waals surface area contributed by atoms with E-state index in [0.29, 0.717) is 5.56 Å². The van der Waals surface area contributed by atoms with E-state index in [1.807, 2.05) is 49.4 Å². The molecule has 0 saturated heterocycles. The average molecular weight is 311 g/mol. The molecular formula is C19H21NO3. The third-order valence-electron chi connectivity index (χ3n) is 3.49. The Morgan fingerprint density at radius 1 is 1.09 bits per heavy atom. The number of ether oxygens (including phenoxy) is 1. The number of rotatable bonds is 7. The molecule has 2 aromatic carbocycles. The van der Waals surface area contributed by atoms with Crippen molar-refractivity contribution in [1.82, 2.24) is 5.32 Å². The van der Waals surface area contributed by atoms with E-state index in [4.69, 9.17) is 4.74 Å².